The summed E-state index contributed by atoms with van der Waals surface area (Å²) in [4.78, 5) is 0.740. The van der Waals surface area contributed by atoms with E-state index >= 15 is 0 Å². The molecule has 126 valence electrons. The Hall–Kier alpha value is -1.85. The molecule has 0 amide bonds. The maximum absolute atomic E-state index is 12.9. The summed E-state index contributed by atoms with van der Waals surface area (Å²) < 4.78 is 25.8. The molecule has 4 rings (SSSR count). The summed E-state index contributed by atoms with van der Waals surface area (Å²) in [6, 6.07) is 15.1. The van der Waals surface area contributed by atoms with E-state index in [-0.39, 0.29) is 0 Å². The highest BCUT2D eigenvalue weighted by atomic mass is 32.2. The average molecular weight is 342 g/mol. The lowest BCUT2D eigenvalue weighted by molar-refractivity contribution is 0.521. The first-order valence-electron chi connectivity index (χ1n) is 8.50. The van der Waals surface area contributed by atoms with E-state index in [4.69, 9.17) is 0 Å². The van der Waals surface area contributed by atoms with Crippen molar-refractivity contribution in [1.82, 2.24) is 5.32 Å². The molecule has 2 heterocycles. The van der Waals surface area contributed by atoms with E-state index in [1.807, 2.05) is 18.2 Å². The highest BCUT2D eigenvalue weighted by Crippen LogP contribution is 2.42. The number of rotatable bonds is 2. The number of hydrogen-bond acceptors (Lipinski definition) is 4. The highest BCUT2D eigenvalue weighted by Gasteiger charge is 2.35. The van der Waals surface area contributed by atoms with Crippen LogP contribution in [0.15, 0.2) is 58.3 Å². The van der Waals surface area contributed by atoms with Crippen molar-refractivity contribution in [1.29, 1.82) is 0 Å². The van der Waals surface area contributed by atoms with Gasteiger partial charge in [-0.2, -0.15) is 0 Å². The van der Waals surface area contributed by atoms with E-state index in [0.29, 0.717) is 27.8 Å². The van der Waals surface area contributed by atoms with Gasteiger partial charge in [0.05, 0.1) is 9.79 Å². The van der Waals surface area contributed by atoms with E-state index < -0.39 is 9.84 Å². The minimum Gasteiger partial charge on any atom is -0.381 e. The van der Waals surface area contributed by atoms with Crippen LogP contribution in [0.4, 0.5) is 5.69 Å². The van der Waals surface area contributed by atoms with Gasteiger partial charge in [0.1, 0.15) is 0 Å². The maximum Gasteiger partial charge on any atom is 0.206 e. The number of sulfone groups is 1. The van der Waals surface area contributed by atoms with E-state index in [9.17, 15) is 8.42 Å². The van der Waals surface area contributed by atoms with Crippen molar-refractivity contribution in [3.8, 4) is 0 Å². The minimum absolute atomic E-state index is 0.351. The van der Waals surface area contributed by atoms with Crippen molar-refractivity contribution in [2.75, 3.05) is 11.9 Å². The Morgan fingerprint density at radius 1 is 1.04 bits per heavy atom. The van der Waals surface area contributed by atoms with Crippen molar-refractivity contribution >= 4 is 15.5 Å². The molecule has 2 N–H and O–H groups in total. The SMILES string of the molecule is CC1C[C@H]2Nc3ccc(S(=O)(=O)c4ccccc4)cc3[C@H]2CCN1. The van der Waals surface area contributed by atoms with Gasteiger partial charge in [-0.3, -0.25) is 0 Å². The molecule has 4 nitrogen and oxygen atoms in total. The van der Waals surface area contributed by atoms with Gasteiger partial charge in [-0.05, 0) is 62.2 Å². The van der Waals surface area contributed by atoms with E-state index in [1.54, 1.807) is 30.3 Å². The zero-order valence-corrected chi connectivity index (χ0v) is 14.5. The van der Waals surface area contributed by atoms with Crippen LogP contribution in [-0.4, -0.2) is 27.0 Å². The number of nitrogens with one attached hydrogen (secondary N) is 2. The summed E-state index contributed by atoms with van der Waals surface area (Å²) in [7, 11) is -3.46. The molecule has 0 aliphatic carbocycles. The molecule has 0 bridgehead atoms. The smallest absolute Gasteiger partial charge is 0.206 e. The topological polar surface area (TPSA) is 58.2 Å². The van der Waals surface area contributed by atoms with Gasteiger partial charge in [0.15, 0.2) is 0 Å². The zero-order chi connectivity index (χ0) is 16.7. The third-order valence-corrected chi connectivity index (χ3v) is 6.94. The molecule has 0 spiro atoms. The lowest BCUT2D eigenvalue weighted by atomic mass is 9.90. The molecule has 0 saturated carbocycles. The van der Waals surface area contributed by atoms with Gasteiger partial charge in [0.25, 0.3) is 0 Å². The molecular weight excluding hydrogens is 320 g/mol. The first kappa shape index (κ1) is 15.7. The molecular formula is C19H22N2O2S. The molecule has 2 aromatic carbocycles. The Bertz CT molecular complexity index is 849. The van der Waals surface area contributed by atoms with Gasteiger partial charge in [0, 0.05) is 23.7 Å². The predicted octanol–water partition coefficient (Wildman–Crippen LogP) is 3.17. The van der Waals surface area contributed by atoms with Crippen molar-refractivity contribution in [3.63, 3.8) is 0 Å². The Balaban J connectivity index is 1.73. The summed E-state index contributed by atoms with van der Waals surface area (Å²) >= 11 is 0. The second kappa shape index (κ2) is 5.90. The van der Waals surface area contributed by atoms with Crippen LogP contribution < -0.4 is 10.6 Å². The molecule has 1 saturated heterocycles. The lowest BCUT2D eigenvalue weighted by Crippen LogP contribution is -2.28. The van der Waals surface area contributed by atoms with Gasteiger partial charge >= 0.3 is 0 Å². The fourth-order valence-corrected chi connectivity index (χ4v) is 5.25. The fourth-order valence-electron chi connectivity index (χ4n) is 3.93. The number of benzene rings is 2. The quantitative estimate of drug-likeness (QED) is 0.880. The lowest BCUT2D eigenvalue weighted by Gasteiger charge is -2.18. The van der Waals surface area contributed by atoms with Crippen LogP contribution in [0, 0.1) is 0 Å². The second-order valence-electron chi connectivity index (χ2n) is 6.80. The van der Waals surface area contributed by atoms with Crippen LogP contribution in [0.2, 0.25) is 0 Å². The number of hydrogen-bond donors (Lipinski definition) is 2. The Labute approximate surface area is 143 Å². The zero-order valence-electron chi connectivity index (χ0n) is 13.7. The van der Waals surface area contributed by atoms with E-state index in [0.717, 1.165) is 30.6 Å². The molecule has 2 aliphatic rings. The Kier molecular flexibility index (Phi) is 3.85. The largest absolute Gasteiger partial charge is 0.381 e. The van der Waals surface area contributed by atoms with Gasteiger partial charge in [0.2, 0.25) is 9.84 Å². The Morgan fingerprint density at radius 3 is 2.62 bits per heavy atom. The summed E-state index contributed by atoms with van der Waals surface area (Å²) in [6.07, 6.45) is 2.09. The summed E-state index contributed by atoms with van der Waals surface area (Å²) in [6.45, 7) is 3.18. The summed E-state index contributed by atoms with van der Waals surface area (Å²) in [5, 5.41) is 7.11. The first-order valence-corrected chi connectivity index (χ1v) is 9.98. The molecule has 0 aromatic heterocycles. The van der Waals surface area contributed by atoms with Crippen molar-refractivity contribution in [3.05, 3.63) is 54.1 Å². The second-order valence-corrected chi connectivity index (χ2v) is 8.75. The predicted molar refractivity (Wildman–Crippen MR) is 95.2 cm³/mol. The minimum atomic E-state index is -3.46. The molecule has 2 aliphatic heterocycles. The molecule has 2 aromatic rings. The monoisotopic (exact) mass is 342 g/mol. The third-order valence-electron chi connectivity index (χ3n) is 5.17. The summed E-state index contributed by atoms with van der Waals surface area (Å²) in [5.41, 5.74) is 2.24. The molecule has 24 heavy (non-hydrogen) atoms. The molecule has 1 unspecified atom stereocenters. The molecule has 1 fully saturated rings. The number of fused-ring (bicyclic) bond motifs is 3. The van der Waals surface area contributed by atoms with Crippen LogP contribution in [0.3, 0.4) is 0 Å². The number of anilines is 1. The fraction of sp³-hybridized carbons (Fsp3) is 0.368. The van der Waals surface area contributed by atoms with Gasteiger partial charge in [-0.15, -0.1) is 0 Å². The van der Waals surface area contributed by atoms with Crippen LogP contribution in [-0.2, 0) is 9.84 Å². The van der Waals surface area contributed by atoms with Crippen molar-refractivity contribution < 1.29 is 8.42 Å². The average Bonchev–Trinajstić information content (AvgIpc) is 2.81. The molecule has 0 radical (unpaired) electrons. The maximum atomic E-state index is 12.9. The highest BCUT2D eigenvalue weighted by molar-refractivity contribution is 7.91. The van der Waals surface area contributed by atoms with Gasteiger partial charge < -0.3 is 10.6 Å². The van der Waals surface area contributed by atoms with E-state index in [1.165, 1.54) is 0 Å². The van der Waals surface area contributed by atoms with E-state index in [2.05, 4.69) is 17.6 Å². The first-order chi connectivity index (χ1) is 11.6. The van der Waals surface area contributed by atoms with Crippen molar-refractivity contribution in [2.45, 2.75) is 47.6 Å². The Morgan fingerprint density at radius 2 is 1.83 bits per heavy atom. The molecule has 5 heteroatoms. The third kappa shape index (κ3) is 2.62. The van der Waals surface area contributed by atoms with Gasteiger partial charge in [-0.25, -0.2) is 8.42 Å². The molecule has 3 atom stereocenters. The van der Waals surface area contributed by atoms with Gasteiger partial charge in [-0.1, -0.05) is 18.2 Å². The van der Waals surface area contributed by atoms with Crippen molar-refractivity contribution in [2.24, 2.45) is 0 Å². The van der Waals surface area contributed by atoms with Crippen LogP contribution in [0.1, 0.15) is 31.2 Å². The van der Waals surface area contributed by atoms with Crippen LogP contribution in [0.25, 0.3) is 0 Å². The van der Waals surface area contributed by atoms with Crippen LogP contribution in [0.5, 0.6) is 0 Å². The van der Waals surface area contributed by atoms with Crippen LogP contribution >= 0.6 is 0 Å². The standard InChI is InChI=1S/C19H22N2O2S/c1-13-11-19-16(9-10-20-13)17-12-15(7-8-18(17)21-19)24(22,23)14-5-3-2-4-6-14/h2-8,12-13,16,19-21H,9-11H2,1H3/t13?,16-,19-/m1/s1. The normalized spacial score (nSPS) is 26.1. The summed E-state index contributed by atoms with van der Waals surface area (Å²) in [5.74, 6) is 0.378.